The number of fused-ring (bicyclic) bond motifs is 1. The van der Waals surface area contributed by atoms with Crippen molar-refractivity contribution in [1.82, 2.24) is 4.90 Å². The van der Waals surface area contributed by atoms with E-state index < -0.39 is 12.0 Å². The van der Waals surface area contributed by atoms with Crippen LogP contribution in [0.15, 0.2) is 23.9 Å². The van der Waals surface area contributed by atoms with Crippen LogP contribution in [0.5, 0.6) is 0 Å². The molecule has 0 aromatic rings. The Balaban J connectivity index is 1.92. The van der Waals surface area contributed by atoms with E-state index >= 15 is 0 Å². The van der Waals surface area contributed by atoms with E-state index in [-0.39, 0.29) is 24.0 Å². The van der Waals surface area contributed by atoms with E-state index in [1.807, 2.05) is 0 Å². The highest BCUT2D eigenvalue weighted by molar-refractivity contribution is 8.00. The third-order valence-electron chi connectivity index (χ3n) is 3.88. The number of esters is 1. The molecule has 3 heterocycles. The second kappa shape index (κ2) is 5.82. The quantitative estimate of drug-likeness (QED) is 0.459. The lowest BCUT2D eigenvalue weighted by molar-refractivity contribution is -0.150. The molecule has 0 saturated carbocycles. The van der Waals surface area contributed by atoms with Crippen molar-refractivity contribution in [3.63, 3.8) is 0 Å². The van der Waals surface area contributed by atoms with Gasteiger partial charge in [-0.15, -0.1) is 11.8 Å². The molecule has 0 unspecified atom stereocenters. The number of carbonyl (C=O) groups excluding carboxylic acids is 2. The Bertz CT molecular complexity index is 513. The smallest absolute Gasteiger partial charge is 0.355 e. The molecule has 114 valence electrons. The molecular formula is C14H18N2O4S. The molecule has 0 spiro atoms. The Morgan fingerprint density at radius 3 is 3.10 bits per heavy atom. The van der Waals surface area contributed by atoms with Crippen molar-refractivity contribution >= 4 is 23.6 Å². The van der Waals surface area contributed by atoms with E-state index in [0.29, 0.717) is 18.1 Å². The van der Waals surface area contributed by atoms with E-state index in [4.69, 9.17) is 15.2 Å². The van der Waals surface area contributed by atoms with E-state index in [2.05, 4.69) is 6.58 Å². The van der Waals surface area contributed by atoms with Gasteiger partial charge in [0.05, 0.1) is 6.10 Å². The van der Waals surface area contributed by atoms with Gasteiger partial charge in [-0.2, -0.15) is 0 Å². The normalized spacial score (nSPS) is 31.8. The molecule has 21 heavy (non-hydrogen) atoms. The van der Waals surface area contributed by atoms with E-state index in [1.165, 1.54) is 11.0 Å². The molecule has 0 aromatic carbocycles. The average molecular weight is 310 g/mol. The Hall–Kier alpha value is -1.31. The van der Waals surface area contributed by atoms with Crippen LogP contribution in [0.25, 0.3) is 0 Å². The highest BCUT2D eigenvalue weighted by Gasteiger charge is 2.53. The fourth-order valence-corrected chi connectivity index (χ4v) is 4.19. The van der Waals surface area contributed by atoms with Crippen LogP contribution < -0.4 is 5.73 Å². The first-order chi connectivity index (χ1) is 10.1. The van der Waals surface area contributed by atoms with Crippen molar-refractivity contribution in [1.29, 1.82) is 0 Å². The molecule has 3 rings (SSSR count). The predicted octanol–water partition coefficient (Wildman–Crippen LogP) is 0.391. The first-order valence-corrected chi connectivity index (χ1v) is 8.03. The first-order valence-electron chi connectivity index (χ1n) is 6.98. The first kappa shape index (κ1) is 14.6. The van der Waals surface area contributed by atoms with Gasteiger partial charge in [0.1, 0.15) is 23.7 Å². The fourth-order valence-electron chi connectivity index (χ4n) is 2.83. The van der Waals surface area contributed by atoms with Crippen LogP contribution in [0, 0.1) is 0 Å². The Kier molecular flexibility index (Phi) is 4.05. The molecule has 0 aliphatic carbocycles. The van der Waals surface area contributed by atoms with Gasteiger partial charge >= 0.3 is 5.97 Å². The summed E-state index contributed by atoms with van der Waals surface area (Å²) in [5.74, 6) is -0.0788. The van der Waals surface area contributed by atoms with Crippen molar-refractivity contribution in [3.8, 4) is 0 Å². The molecule has 1 amide bonds. The zero-order valence-electron chi connectivity index (χ0n) is 11.6. The summed E-state index contributed by atoms with van der Waals surface area (Å²) in [5.41, 5.74) is 6.99. The lowest BCUT2D eigenvalue weighted by Gasteiger charge is -2.48. The molecule has 0 radical (unpaired) electrons. The molecule has 3 aliphatic rings. The number of nitrogens with two attached hydrogens (primary N) is 1. The van der Waals surface area contributed by atoms with Crippen molar-refractivity contribution < 1.29 is 19.1 Å². The van der Waals surface area contributed by atoms with E-state index in [0.717, 1.165) is 18.4 Å². The van der Waals surface area contributed by atoms with Crippen molar-refractivity contribution in [3.05, 3.63) is 23.9 Å². The van der Waals surface area contributed by atoms with Gasteiger partial charge in [0.2, 0.25) is 5.91 Å². The summed E-state index contributed by atoms with van der Waals surface area (Å²) in [6, 6.07) is -0.539. The summed E-state index contributed by atoms with van der Waals surface area (Å²) in [6.07, 6.45) is 3.23. The Labute approximate surface area is 127 Å². The number of thioether (sulfide) groups is 1. The highest BCUT2D eigenvalue weighted by Crippen LogP contribution is 2.42. The number of nitrogens with zero attached hydrogens (tertiary/aromatic N) is 1. The summed E-state index contributed by atoms with van der Waals surface area (Å²) in [4.78, 5) is 25.8. The molecule has 2 fully saturated rings. The molecule has 2 N–H and O–H groups in total. The summed E-state index contributed by atoms with van der Waals surface area (Å²) in [7, 11) is 0. The minimum atomic E-state index is -0.539. The summed E-state index contributed by atoms with van der Waals surface area (Å²) >= 11 is 1.58. The SMILES string of the molecule is C=CCOC(=O)C1=C([C@@H]2CCCO2)CS[C@@H]2[C@H](N)C(=O)N12. The zero-order valence-corrected chi connectivity index (χ0v) is 12.4. The monoisotopic (exact) mass is 310 g/mol. The topological polar surface area (TPSA) is 81.9 Å². The summed E-state index contributed by atoms with van der Waals surface area (Å²) in [5, 5.41) is -0.172. The number of β-lactam (4-membered cyclic amide) rings is 1. The number of carbonyl (C=O) groups is 2. The lowest BCUT2D eigenvalue weighted by atomic mass is 10.00. The van der Waals surface area contributed by atoms with Crippen molar-refractivity contribution in [2.75, 3.05) is 19.0 Å². The van der Waals surface area contributed by atoms with Gasteiger partial charge in [-0.1, -0.05) is 12.7 Å². The lowest BCUT2D eigenvalue weighted by Crippen LogP contribution is -2.68. The maximum absolute atomic E-state index is 12.3. The third-order valence-corrected chi connectivity index (χ3v) is 5.21. The maximum Gasteiger partial charge on any atom is 0.355 e. The molecule has 6 nitrogen and oxygen atoms in total. The minimum Gasteiger partial charge on any atom is -0.457 e. The van der Waals surface area contributed by atoms with Crippen LogP contribution >= 0.6 is 11.8 Å². The number of hydrogen-bond acceptors (Lipinski definition) is 6. The molecule has 3 atom stereocenters. The number of hydrogen-bond donors (Lipinski definition) is 1. The standard InChI is InChI=1S/C14H18N2O4S/c1-2-5-20-14(18)11-8(9-4-3-6-19-9)7-21-13-10(15)12(17)16(11)13/h2,9-10,13H,1,3-7,15H2/t9-,10+,13+/m0/s1. The predicted molar refractivity (Wildman–Crippen MR) is 78.2 cm³/mol. The van der Waals surface area contributed by atoms with Gasteiger partial charge in [-0.3, -0.25) is 9.69 Å². The van der Waals surface area contributed by atoms with Crippen molar-refractivity contribution in [2.24, 2.45) is 5.73 Å². The Morgan fingerprint density at radius 1 is 1.62 bits per heavy atom. The van der Waals surface area contributed by atoms with Crippen molar-refractivity contribution in [2.45, 2.75) is 30.4 Å². The second-order valence-corrected chi connectivity index (χ2v) is 6.30. The van der Waals surface area contributed by atoms with Crippen LogP contribution in [0.3, 0.4) is 0 Å². The van der Waals surface area contributed by atoms with Gasteiger partial charge in [-0.05, 0) is 18.4 Å². The molecule has 2 saturated heterocycles. The van der Waals surface area contributed by atoms with E-state index in [1.54, 1.807) is 11.8 Å². The average Bonchev–Trinajstić information content (AvgIpc) is 3.04. The molecule has 3 aliphatic heterocycles. The van der Waals surface area contributed by atoms with E-state index in [9.17, 15) is 9.59 Å². The minimum absolute atomic E-state index is 0.102. The molecule has 0 bridgehead atoms. The third kappa shape index (κ3) is 2.39. The number of ether oxygens (including phenoxy) is 2. The number of rotatable bonds is 4. The van der Waals surface area contributed by atoms with Crippen LogP contribution in [-0.2, 0) is 19.1 Å². The van der Waals surface area contributed by atoms with Gasteiger partial charge < -0.3 is 15.2 Å². The fraction of sp³-hybridized carbons (Fsp3) is 0.571. The zero-order chi connectivity index (χ0) is 15.0. The molecule has 7 heteroatoms. The van der Waals surface area contributed by atoms with Gasteiger partial charge in [0.15, 0.2) is 0 Å². The van der Waals surface area contributed by atoms with Gasteiger partial charge in [0, 0.05) is 12.4 Å². The summed E-state index contributed by atoms with van der Waals surface area (Å²) in [6.45, 7) is 4.33. The van der Waals surface area contributed by atoms with Crippen LogP contribution in [0.4, 0.5) is 0 Å². The maximum atomic E-state index is 12.3. The molecular weight excluding hydrogens is 292 g/mol. The van der Waals surface area contributed by atoms with Crippen LogP contribution in [0.1, 0.15) is 12.8 Å². The summed E-state index contributed by atoms with van der Waals surface area (Å²) < 4.78 is 10.8. The molecule has 0 aromatic heterocycles. The highest BCUT2D eigenvalue weighted by atomic mass is 32.2. The number of amides is 1. The largest absolute Gasteiger partial charge is 0.457 e. The van der Waals surface area contributed by atoms with Crippen LogP contribution in [-0.4, -0.2) is 53.3 Å². The van der Waals surface area contributed by atoms with Crippen LogP contribution in [0.2, 0.25) is 0 Å². The van der Waals surface area contributed by atoms with Gasteiger partial charge in [0.25, 0.3) is 0 Å². The Morgan fingerprint density at radius 2 is 2.43 bits per heavy atom. The second-order valence-electron chi connectivity index (χ2n) is 5.20. The van der Waals surface area contributed by atoms with Gasteiger partial charge in [-0.25, -0.2) is 4.79 Å².